The molecule has 164 valence electrons. The summed E-state index contributed by atoms with van der Waals surface area (Å²) in [6.45, 7) is -0.682. The molecule has 2 aromatic rings. The van der Waals surface area contributed by atoms with Crippen LogP contribution in [0.15, 0.2) is 54.6 Å². The summed E-state index contributed by atoms with van der Waals surface area (Å²) in [7, 11) is 0. The van der Waals surface area contributed by atoms with Gasteiger partial charge in [0.1, 0.15) is 6.61 Å². The molecule has 0 aliphatic carbocycles. The molecule has 0 amide bonds. The summed E-state index contributed by atoms with van der Waals surface area (Å²) >= 11 is 0. The van der Waals surface area contributed by atoms with Gasteiger partial charge in [-0.05, 0) is 43.0 Å². The lowest BCUT2D eigenvalue weighted by atomic mass is 10.0. The van der Waals surface area contributed by atoms with E-state index < -0.39 is 37.2 Å². The van der Waals surface area contributed by atoms with Gasteiger partial charge >= 0.3 is 12.1 Å². The van der Waals surface area contributed by atoms with Gasteiger partial charge in [0.05, 0.1) is 12.2 Å². The van der Waals surface area contributed by atoms with Gasteiger partial charge in [0.15, 0.2) is 6.10 Å². The molecule has 0 radical (unpaired) electrons. The summed E-state index contributed by atoms with van der Waals surface area (Å²) in [5.41, 5.74) is 2.29. The maximum atomic E-state index is 13.6. The van der Waals surface area contributed by atoms with Crippen molar-refractivity contribution in [2.45, 2.75) is 44.4 Å². The summed E-state index contributed by atoms with van der Waals surface area (Å²) < 4.78 is 73.3. The van der Waals surface area contributed by atoms with Crippen molar-refractivity contribution in [3.8, 4) is 11.1 Å². The predicted molar refractivity (Wildman–Crippen MR) is 102 cm³/mol. The van der Waals surface area contributed by atoms with Crippen molar-refractivity contribution >= 4 is 5.97 Å². The minimum Gasteiger partial charge on any atom is -0.462 e. The number of hydrogen-bond acceptors (Lipinski definition) is 3. The van der Waals surface area contributed by atoms with Crippen molar-refractivity contribution in [1.82, 2.24) is 0 Å². The van der Waals surface area contributed by atoms with Gasteiger partial charge in [-0.25, -0.2) is 13.6 Å². The van der Waals surface area contributed by atoms with Gasteiger partial charge in [-0.15, -0.1) is 0 Å². The van der Waals surface area contributed by atoms with Crippen molar-refractivity contribution < 1.29 is 36.2 Å². The zero-order valence-electron chi connectivity index (χ0n) is 16.4. The number of alkyl halides is 5. The van der Waals surface area contributed by atoms with Gasteiger partial charge in [0.2, 0.25) is 0 Å². The second-order valence-electron chi connectivity index (χ2n) is 6.89. The molecule has 0 heterocycles. The summed E-state index contributed by atoms with van der Waals surface area (Å²) in [5.74, 6) is -3.94. The molecule has 0 saturated carbocycles. The van der Waals surface area contributed by atoms with Crippen molar-refractivity contribution in [3.05, 3.63) is 60.2 Å². The van der Waals surface area contributed by atoms with Crippen molar-refractivity contribution in [2.24, 2.45) is 0 Å². The first-order valence-electron chi connectivity index (χ1n) is 9.47. The van der Waals surface area contributed by atoms with Crippen LogP contribution in [0.25, 0.3) is 11.1 Å². The fraction of sp³-hybridized carbons (Fsp3) is 0.409. The first-order chi connectivity index (χ1) is 14.1. The van der Waals surface area contributed by atoms with Gasteiger partial charge in [0, 0.05) is 6.42 Å². The molecule has 8 heteroatoms. The van der Waals surface area contributed by atoms with Crippen molar-refractivity contribution in [3.63, 3.8) is 0 Å². The second-order valence-corrected chi connectivity index (χ2v) is 6.89. The van der Waals surface area contributed by atoms with Crippen molar-refractivity contribution in [1.29, 1.82) is 0 Å². The van der Waals surface area contributed by atoms with E-state index in [0.717, 1.165) is 11.1 Å². The Balaban J connectivity index is 1.69. The third-order valence-electron chi connectivity index (χ3n) is 4.40. The molecule has 0 aliphatic rings. The molecule has 0 fully saturated rings. The molecule has 2 aromatic carbocycles. The largest absolute Gasteiger partial charge is 0.462 e. The Bertz CT molecular complexity index is 789. The fourth-order valence-corrected chi connectivity index (χ4v) is 2.58. The Labute approximate surface area is 171 Å². The third-order valence-corrected chi connectivity index (χ3v) is 4.40. The van der Waals surface area contributed by atoms with E-state index in [1.807, 2.05) is 30.3 Å². The molecule has 2 rings (SSSR count). The zero-order chi connectivity index (χ0) is 22.2. The number of unbranched alkanes of at least 4 members (excludes halogenated alkanes) is 1. The smallest absolute Gasteiger partial charge is 0.414 e. The average Bonchev–Trinajstić information content (AvgIpc) is 2.71. The highest BCUT2D eigenvalue weighted by atomic mass is 19.4. The third kappa shape index (κ3) is 7.74. The number of esters is 1. The van der Waals surface area contributed by atoms with Crippen LogP contribution in [0.5, 0.6) is 0 Å². The molecule has 1 atom stereocenters. The number of carbonyl (C=O) groups excluding carboxylic acids is 1. The highest BCUT2D eigenvalue weighted by Crippen LogP contribution is 2.27. The highest BCUT2D eigenvalue weighted by molar-refractivity contribution is 5.90. The molecule has 0 N–H and O–H groups in total. The van der Waals surface area contributed by atoms with Gasteiger partial charge in [-0.3, -0.25) is 0 Å². The van der Waals surface area contributed by atoms with E-state index in [1.165, 1.54) is 0 Å². The topological polar surface area (TPSA) is 35.5 Å². The molecule has 30 heavy (non-hydrogen) atoms. The average molecular weight is 430 g/mol. The monoisotopic (exact) mass is 430 g/mol. The SMILES string of the molecule is CC(OCC(F)(F)CCCCOC(=O)c1ccc(-c2ccccc2)cc1)C(F)(F)F. The van der Waals surface area contributed by atoms with Crippen LogP contribution in [-0.2, 0) is 9.47 Å². The van der Waals surface area contributed by atoms with Crippen LogP contribution in [0.4, 0.5) is 22.0 Å². The highest BCUT2D eigenvalue weighted by Gasteiger charge is 2.39. The molecule has 3 nitrogen and oxygen atoms in total. The number of hydrogen-bond donors (Lipinski definition) is 0. The van der Waals surface area contributed by atoms with Gasteiger partial charge in [-0.1, -0.05) is 42.5 Å². The number of halogens is 5. The summed E-state index contributed by atoms with van der Waals surface area (Å²) in [4.78, 5) is 12.0. The van der Waals surface area contributed by atoms with E-state index >= 15 is 0 Å². The quantitative estimate of drug-likeness (QED) is 0.253. The van der Waals surface area contributed by atoms with Crippen LogP contribution < -0.4 is 0 Å². The molecule has 0 aliphatic heterocycles. The molecule has 0 spiro atoms. The van der Waals surface area contributed by atoms with E-state index in [2.05, 4.69) is 4.74 Å². The molecule has 1 unspecified atom stereocenters. The Morgan fingerprint density at radius 1 is 0.900 bits per heavy atom. The number of ether oxygens (including phenoxy) is 2. The van der Waals surface area contributed by atoms with E-state index in [9.17, 15) is 26.7 Å². The minimum absolute atomic E-state index is 0.0169. The molecule has 0 aromatic heterocycles. The van der Waals surface area contributed by atoms with Gasteiger partial charge < -0.3 is 9.47 Å². The van der Waals surface area contributed by atoms with E-state index in [0.29, 0.717) is 12.5 Å². The number of benzene rings is 2. The zero-order valence-corrected chi connectivity index (χ0v) is 16.4. The normalized spacial score (nSPS) is 13.1. The second kappa shape index (κ2) is 10.5. The molecule has 0 saturated heterocycles. The Hall–Kier alpha value is -2.48. The lowest BCUT2D eigenvalue weighted by molar-refractivity contribution is -0.230. The van der Waals surface area contributed by atoms with E-state index in [1.54, 1.807) is 24.3 Å². The predicted octanol–water partition coefficient (Wildman–Crippen LogP) is 6.28. The van der Waals surface area contributed by atoms with Crippen LogP contribution >= 0.6 is 0 Å². The maximum absolute atomic E-state index is 13.6. The Kier molecular flexibility index (Phi) is 8.34. The van der Waals surface area contributed by atoms with Crippen LogP contribution in [0.3, 0.4) is 0 Å². The lowest BCUT2D eigenvalue weighted by Crippen LogP contribution is -2.34. The first kappa shape index (κ1) is 23.8. The van der Waals surface area contributed by atoms with Crippen LogP contribution in [0.1, 0.15) is 36.5 Å². The number of rotatable bonds is 10. The minimum atomic E-state index is -4.68. The van der Waals surface area contributed by atoms with Crippen LogP contribution in [0.2, 0.25) is 0 Å². The number of carbonyl (C=O) groups is 1. The molecule has 0 bridgehead atoms. The maximum Gasteiger partial charge on any atom is 0.414 e. The Morgan fingerprint density at radius 2 is 1.50 bits per heavy atom. The van der Waals surface area contributed by atoms with Crippen LogP contribution in [-0.4, -0.2) is 37.4 Å². The fourth-order valence-electron chi connectivity index (χ4n) is 2.58. The lowest BCUT2D eigenvalue weighted by Gasteiger charge is -2.21. The summed E-state index contributed by atoms with van der Waals surface area (Å²) in [6, 6.07) is 16.4. The van der Waals surface area contributed by atoms with E-state index in [4.69, 9.17) is 4.74 Å². The van der Waals surface area contributed by atoms with Gasteiger partial charge in [0.25, 0.3) is 5.92 Å². The first-order valence-corrected chi connectivity index (χ1v) is 9.47. The molecular weight excluding hydrogens is 407 g/mol. The van der Waals surface area contributed by atoms with Crippen molar-refractivity contribution in [2.75, 3.05) is 13.2 Å². The van der Waals surface area contributed by atoms with Gasteiger partial charge in [-0.2, -0.15) is 13.2 Å². The standard InChI is InChI=1S/C22H23F5O3/c1-16(22(25,26)27)30-15-21(23,24)13-5-6-14-29-20(28)19-11-9-18(10-12-19)17-7-3-2-4-8-17/h2-4,7-12,16H,5-6,13-15H2,1H3. The Morgan fingerprint density at radius 3 is 2.10 bits per heavy atom. The van der Waals surface area contributed by atoms with E-state index in [-0.39, 0.29) is 19.4 Å². The summed E-state index contributed by atoms with van der Waals surface area (Å²) in [6.07, 6.45) is -7.43. The molecular formula is C22H23F5O3. The van der Waals surface area contributed by atoms with Crippen LogP contribution in [0, 0.1) is 0 Å². The summed E-state index contributed by atoms with van der Waals surface area (Å²) in [5, 5.41) is 0.